The molecule has 5 heteroatoms. The highest BCUT2D eigenvalue weighted by molar-refractivity contribution is 6.73. The number of halogens is 2. The molecule has 0 aliphatic heterocycles. The van der Waals surface area contributed by atoms with Crippen molar-refractivity contribution in [3.05, 3.63) is 28.3 Å². The minimum Gasteiger partial charge on any atom is -0.339 e. The molecule has 0 N–H and O–H groups in total. The average molecular weight is 317 g/mol. The lowest BCUT2D eigenvalue weighted by atomic mass is 10.1. The predicted octanol–water partition coefficient (Wildman–Crippen LogP) is 3.52. The SMILES string of the molecule is CCN(CC)C(=O)c1c(CCl)ccc([Si](C)C)c1Cl. The second-order valence-corrected chi connectivity index (χ2v) is 7.76. The van der Waals surface area contributed by atoms with Crippen LogP contribution in [0.4, 0.5) is 0 Å². The lowest BCUT2D eigenvalue weighted by molar-refractivity contribution is 0.0772. The topological polar surface area (TPSA) is 20.3 Å². The fourth-order valence-corrected chi connectivity index (χ4v) is 4.05. The lowest BCUT2D eigenvalue weighted by Crippen LogP contribution is -2.34. The van der Waals surface area contributed by atoms with Crippen LogP contribution in [-0.2, 0) is 5.88 Å². The lowest BCUT2D eigenvalue weighted by Gasteiger charge is -2.22. The van der Waals surface area contributed by atoms with Gasteiger partial charge < -0.3 is 4.90 Å². The first-order valence-electron chi connectivity index (χ1n) is 6.44. The second kappa shape index (κ2) is 7.32. The first-order chi connectivity index (χ1) is 8.97. The molecule has 0 saturated heterocycles. The van der Waals surface area contributed by atoms with Gasteiger partial charge in [-0.2, -0.15) is 0 Å². The average Bonchev–Trinajstić information content (AvgIpc) is 2.38. The fourth-order valence-electron chi connectivity index (χ4n) is 2.01. The highest BCUT2D eigenvalue weighted by Gasteiger charge is 2.22. The van der Waals surface area contributed by atoms with Crippen molar-refractivity contribution in [1.29, 1.82) is 0 Å². The predicted molar refractivity (Wildman–Crippen MR) is 85.4 cm³/mol. The first kappa shape index (κ1) is 16.5. The van der Waals surface area contributed by atoms with E-state index in [-0.39, 0.29) is 5.91 Å². The maximum atomic E-state index is 12.6. The Bertz CT molecular complexity index is 459. The summed E-state index contributed by atoms with van der Waals surface area (Å²) in [5.74, 6) is 0.286. The molecule has 1 aromatic carbocycles. The molecule has 0 aliphatic carbocycles. The normalized spacial score (nSPS) is 10.9. The summed E-state index contributed by atoms with van der Waals surface area (Å²) in [6.07, 6.45) is 0. The van der Waals surface area contributed by atoms with Crippen molar-refractivity contribution in [1.82, 2.24) is 4.90 Å². The van der Waals surface area contributed by atoms with E-state index in [1.807, 2.05) is 26.0 Å². The summed E-state index contributed by atoms with van der Waals surface area (Å²) in [5.41, 5.74) is 1.40. The maximum Gasteiger partial charge on any atom is 0.255 e. The highest BCUT2D eigenvalue weighted by atomic mass is 35.5. The summed E-state index contributed by atoms with van der Waals surface area (Å²) in [6.45, 7) is 9.61. The monoisotopic (exact) mass is 316 g/mol. The molecule has 0 bridgehead atoms. The summed E-state index contributed by atoms with van der Waals surface area (Å²) in [5, 5.41) is 1.69. The van der Waals surface area contributed by atoms with Crippen LogP contribution in [0.2, 0.25) is 18.1 Å². The Morgan fingerprint density at radius 2 is 1.84 bits per heavy atom. The van der Waals surface area contributed by atoms with Crippen LogP contribution in [0.15, 0.2) is 12.1 Å². The number of alkyl halides is 1. The van der Waals surface area contributed by atoms with E-state index in [4.69, 9.17) is 23.2 Å². The summed E-state index contributed by atoms with van der Waals surface area (Å²) in [7, 11) is -0.706. The van der Waals surface area contributed by atoms with Gasteiger partial charge in [0, 0.05) is 19.0 Å². The maximum absolute atomic E-state index is 12.6. The first-order valence-corrected chi connectivity index (χ1v) is 9.86. The van der Waals surface area contributed by atoms with Gasteiger partial charge in [0.15, 0.2) is 0 Å². The van der Waals surface area contributed by atoms with Crippen LogP contribution < -0.4 is 5.19 Å². The minimum absolute atomic E-state index is 0.0178. The largest absolute Gasteiger partial charge is 0.339 e. The Labute approximate surface area is 127 Å². The highest BCUT2D eigenvalue weighted by Crippen LogP contribution is 2.22. The van der Waals surface area contributed by atoms with E-state index in [9.17, 15) is 4.79 Å². The van der Waals surface area contributed by atoms with Crippen molar-refractivity contribution in [2.45, 2.75) is 32.8 Å². The van der Waals surface area contributed by atoms with E-state index in [0.29, 0.717) is 29.6 Å². The molecule has 0 fully saturated rings. The molecule has 0 unspecified atom stereocenters. The molecule has 0 aromatic heterocycles. The van der Waals surface area contributed by atoms with Crippen molar-refractivity contribution in [2.24, 2.45) is 0 Å². The van der Waals surface area contributed by atoms with E-state index in [0.717, 1.165) is 10.8 Å². The number of hydrogen-bond acceptors (Lipinski definition) is 1. The van der Waals surface area contributed by atoms with E-state index in [1.54, 1.807) is 4.90 Å². The second-order valence-electron chi connectivity index (χ2n) is 4.57. The van der Waals surface area contributed by atoms with Crippen LogP contribution in [0, 0.1) is 0 Å². The Morgan fingerprint density at radius 3 is 2.26 bits per heavy atom. The van der Waals surface area contributed by atoms with Gasteiger partial charge in [0.25, 0.3) is 5.91 Å². The number of carbonyl (C=O) groups excluding carboxylic acids is 1. The zero-order valence-corrected chi connectivity index (χ0v) is 14.4. The molecular weight excluding hydrogens is 297 g/mol. The van der Waals surface area contributed by atoms with Crippen molar-refractivity contribution >= 4 is 43.1 Å². The zero-order chi connectivity index (χ0) is 14.6. The molecule has 0 spiro atoms. The van der Waals surface area contributed by atoms with Crippen molar-refractivity contribution in [2.75, 3.05) is 13.1 Å². The van der Waals surface area contributed by atoms with Crippen LogP contribution in [0.5, 0.6) is 0 Å². The molecule has 1 amide bonds. The van der Waals surface area contributed by atoms with E-state index < -0.39 is 8.80 Å². The van der Waals surface area contributed by atoms with Crippen LogP contribution in [-0.4, -0.2) is 32.7 Å². The molecule has 105 valence electrons. The number of rotatable bonds is 5. The van der Waals surface area contributed by atoms with Gasteiger partial charge in [-0.25, -0.2) is 0 Å². The van der Waals surface area contributed by atoms with Crippen LogP contribution in [0.25, 0.3) is 0 Å². The quantitative estimate of drug-likeness (QED) is 0.601. The summed E-state index contributed by atoms with van der Waals surface area (Å²) in [4.78, 5) is 14.4. The Hall–Kier alpha value is -0.513. The molecule has 19 heavy (non-hydrogen) atoms. The van der Waals surface area contributed by atoms with Gasteiger partial charge >= 0.3 is 0 Å². The summed E-state index contributed by atoms with van der Waals surface area (Å²) < 4.78 is 0. The van der Waals surface area contributed by atoms with Gasteiger partial charge in [0.2, 0.25) is 0 Å². The molecule has 0 aliphatic rings. The third kappa shape index (κ3) is 3.53. The molecule has 0 atom stereocenters. The van der Waals surface area contributed by atoms with Gasteiger partial charge in [0.05, 0.1) is 19.4 Å². The number of carbonyl (C=O) groups is 1. The van der Waals surface area contributed by atoms with E-state index in [1.165, 1.54) is 0 Å². The molecule has 1 rings (SSSR count). The molecule has 1 aromatic rings. The Kier molecular flexibility index (Phi) is 6.37. The number of amides is 1. The van der Waals surface area contributed by atoms with Crippen LogP contribution in [0.1, 0.15) is 29.8 Å². The van der Waals surface area contributed by atoms with Gasteiger partial charge in [-0.15, -0.1) is 11.6 Å². The molecule has 2 nitrogen and oxygen atoms in total. The molecule has 1 radical (unpaired) electrons. The van der Waals surface area contributed by atoms with Gasteiger partial charge in [-0.3, -0.25) is 4.79 Å². The van der Waals surface area contributed by atoms with E-state index in [2.05, 4.69) is 13.1 Å². The van der Waals surface area contributed by atoms with Crippen LogP contribution >= 0.6 is 23.2 Å². The summed E-state index contributed by atoms with van der Waals surface area (Å²) >= 11 is 12.4. The van der Waals surface area contributed by atoms with Gasteiger partial charge in [0.1, 0.15) is 0 Å². The Morgan fingerprint density at radius 1 is 1.26 bits per heavy atom. The molecule has 0 saturated carbocycles. The zero-order valence-electron chi connectivity index (χ0n) is 11.9. The summed E-state index contributed by atoms with van der Waals surface area (Å²) in [6, 6.07) is 3.94. The third-order valence-electron chi connectivity index (χ3n) is 3.18. The Balaban J connectivity index is 3.38. The number of nitrogens with zero attached hydrogens (tertiary/aromatic N) is 1. The minimum atomic E-state index is -0.706. The van der Waals surface area contributed by atoms with Crippen LogP contribution in [0.3, 0.4) is 0 Å². The smallest absolute Gasteiger partial charge is 0.255 e. The van der Waals surface area contributed by atoms with Crippen molar-refractivity contribution in [3.8, 4) is 0 Å². The standard InChI is InChI=1S/C14H20Cl2NOSi/c1-5-17(6-2)14(18)12-10(9-15)7-8-11(13(12)16)19(3)4/h7-8H,5-6,9H2,1-4H3. The third-order valence-corrected chi connectivity index (χ3v) is 5.51. The van der Waals surface area contributed by atoms with Gasteiger partial charge in [-0.1, -0.05) is 36.8 Å². The van der Waals surface area contributed by atoms with Gasteiger partial charge in [-0.05, 0) is 24.6 Å². The molecule has 0 heterocycles. The fraction of sp³-hybridized carbons (Fsp3) is 0.500. The number of hydrogen-bond donors (Lipinski definition) is 0. The van der Waals surface area contributed by atoms with E-state index >= 15 is 0 Å². The van der Waals surface area contributed by atoms with Crippen molar-refractivity contribution < 1.29 is 4.79 Å². The number of benzene rings is 1. The molecular formula is C14H20Cl2NOSi. The van der Waals surface area contributed by atoms with Crippen molar-refractivity contribution in [3.63, 3.8) is 0 Å².